The number of rotatable bonds is 7. The fourth-order valence-corrected chi connectivity index (χ4v) is 3.21. The molecule has 0 bridgehead atoms. The molecule has 0 spiro atoms. The number of carbonyl (C=O) groups is 1. The lowest BCUT2D eigenvalue weighted by Crippen LogP contribution is -2.41. The molecule has 1 aromatic heterocycles. The maximum atomic E-state index is 13.3. The van der Waals surface area contributed by atoms with Crippen molar-refractivity contribution in [1.29, 1.82) is 0 Å². The maximum absolute atomic E-state index is 13.3. The van der Waals surface area contributed by atoms with Gasteiger partial charge in [-0.1, -0.05) is 29.8 Å². The summed E-state index contributed by atoms with van der Waals surface area (Å²) in [4.78, 5) is 17.0. The van der Waals surface area contributed by atoms with Crippen LogP contribution in [-0.4, -0.2) is 57.8 Å². The van der Waals surface area contributed by atoms with Crippen molar-refractivity contribution in [2.24, 2.45) is 7.05 Å². The van der Waals surface area contributed by atoms with Crippen LogP contribution in [-0.2, 0) is 18.4 Å². The van der Waals surface area contributed by atoms with E-state index in [1.165, 1.54) is 0 Å². The zero-order valence-electron chi connectivity index (χ0n) is 16.7. The molecule has 0 aliphatic heterocycles. The highest BCUT2D eigenvalue weighted by Gasteiger charge is 2.28. The first-order valence-corrected chi connectivity index (χ1v) is 8.88. The van der Waals surface area contributed by atoms with Gasteiger partial charge in [-0.05, 0) is 40.4 Å². The van der Waals surface area contributed by atoms with Gasteiger partial charge in [-0.3, -0.25) is 14.4 Å². The van der Waals surface area contributed by atoms with Crippen molar-refractivity contribution in [1.82, 2.24) is 19.6 Å². The molecule has 0 aliphatic rings. The average molecular weight is 358 g/mol. The third kappa shape index (κ3) is 4.31. The fourth-order valence-electron chi connectivity index (χ4n) is 3.21. The average Bonchev–Trinajstić information content (AvgIpc) is 2.82. The van der Waals surface area contributed by atoms with Gasteiger partial charge in [-0.15, -0.1) is 0 Å². The summed E-state index contributed by atoms with van der Waals surface area (Å²) >= 11 is 0. The Morgan fingerprint density at radius 3 is 2.27 bits per heavy atom. The third-order valence-corrected chi connectivity index (χ3v) is 4.83. The van der Waals surface area contributed by atoms with Crippen LogP contribution in [0.1, 0.15) is 34.1 Å². The van der Waals surface area contributed by atoms with Crippen molar-refractivity contribution in [3.8, 4) is 0 Å². The molecule has 0 saturated heterocycles. The molecule has 0 unspecified atom stereocenters. The Labute approximate surface area is 156 Å². The summed E-state index contributed by atoms with van der Waals surface area (Å²) in [5.74, 6) is -0.0180. The Bertz CT molecular complexity index is 750. The van der Waals surface area contributed by atoms with E-state index in [-0.39, 0.29) is 18.6 Å². The van der Waals surface area contributed by atoms with Crippen molar-refractivity contribution in [2.75, 3.05) is 27.2 Å². The van der Waals surface area contributed by atoms with Crippen LogP contribution in [0.25, 0.3) is 0 Å². The number of nitrogens with zero attached hydrogens (tertiary/aromatic N) is 4. The summed E-state index contributed by atoms with van der Waals surface area (Å²) < 4.78 is 1.83. The van der Waals surface area contributed by atoms with Gasteiger partial charge >= 0.3 is 0 Å². The minimum absolute atomic E-state index is 0.0180. The van der Waals surface area contributed by atoms with Crippen LogP contribution < -0.4 is 0 Å². The van der Waals surface area contributed by atoms with Gasteiger partial charge in [0.25, 0.3) is 0 Å². The Kier molecular flexibility index (Phi) is 6.56. The molecule has 142 valence electrons. The molecule has 0 aliphatic carbocycles. The zero-order valence-corrected chi connectivity index (χ0v) is 16.7. The molecule has 1 atom stereocenters. The van der Waals surface area contributed by atoms with Crippen LogP contribution in [0.4, 0.5) is 0 Å². The van der Waals surface area contributed by atoms with Crippen molar-refractivity contribution in [3.05, 3.63) is 52.3 Å². The highest BCUT2D eigenvalue weighted by molar-refractivity contribution is 5.83. The fraction of sp³-hybridized carbons (Fsp3) is 0.500. The molecule has 2 rings (SSSR count). The van der Waals surface area contributed by atoms with E-state index >= 15 is 0 Å². The van der Waals surface area contributed by atoms with Crippen LogP contribution in [0.5, 0.6) is 0 Å². The lowest BCUT2D eigenvalue weighted by atomic mass is 10.0. The van der Waals surface area contributed by atoms with Crippen molar-refractivity contribution in [2.45, 2.75) is 33.4 Å². The quantitative estimate of drug-likeness (QED) is 0.822. The van der Waals surface area contributed by atoms with Crippen molar-refractivity contribution >= 4 is 5.91 Å². The van der Waals surface area contributed by atoms with Crippen LogP contribution in [0.3, 0.4) is 0 Å². The molecule has 26 heavy (non-hydrogen) atoms. The number of carbonyl (C=O) groups excluding carboxylic acids is 1. The molecular formula is C20H30N4O2. The largest absolute Gasteiger partial charge is 0.395 e. The first-order chi connectivity index (χ1) is 12.3. The second kappa shape index (κ2) is 8.47. The van der Waals surface area contributed by atoms with E-state index in [1.807, 2.05) is 75.8 Å². The second-order valence-electron chi connectivity index (χ2n) is 7.03. The Morgan fingerprint density at radius 1 is 1.19 bits per heavy atom. The van der Waals surface area contributed by atoms with Gasteiger partial charge in [-0.25, -0.2) is 0 Å². The molecule has 1 N–H and O–H groups in total. The highest BCUT2D eigenvalue weighted by Crippen LogP contribution is 2.24. The van der Waals surface area contributed by atoms with E-state index in [9.17, 15) is 9.90 Å². The van der Waals surface area contributed by atoms with E-state index in [1.54, 1.807) is 4.90 Å². The number of hydrogen-bond acceptors (Lipinski definition) is 4. The van der Waals surface area contributed by atoms with Gasteiger partial charge in [0.2, 0.25) is 5.91 Å². The predicted octanol–water partition coefficient (Wildman–Crippen LogP) is 1.97. The van der Waals surface area contributed by atoms with E-state index in [0.717, 1.165) is 28.1 Å². The SMILES string of the molecule is Cc1ccc([C@H](C(=O)N(CCO)Cc2c(C)nn(C)c2C)N(C)C)cc1. The molecule has 2 aromatic rings. The van der Waals surface area contributed by atoms with Gasteiger partial charge < -0.3 is 10.0 Å². The van der Waals surface area contributed by atoms with E-state index in [2.05, 4.69) is 5.10 Å². The number of hydrogen-bond donors (Lipinski definition) is 1. The maximum Gasteiger partial charge on any atom is 0.244 e. The summed E-state index contributed by atoms with van der Waals surface area (Å²) in [6, 6.07) is 7.64. The number of likely N-dealkylation sites (N-methyl/N-ethyl adjacent to an activating group) is 1. The van der Waals surface area contributed by atoms with Gasteiger partial charge in [0.1, 0.15) is 6.04 Å². The third-order valence-electron chi connectivity index (χ3n) is 4.83. The normalized spacial score (nSPS) is 12.5. The van der Waals surface area contributed by atoms with Gasteiger partial charge in [0, 0.05) is 31.4 Å². The van der Waals surface area contributed by atoms with Gasteiger partial charge in [-0.2, -0.15) is 5.10 Å². The number of aryl methyl sites for hydroxylation is 3. The Hall–Kier alpha value is -2.18. The van der Waals surface area contributed by atoms with Crippen LogP contribution in [0, 0.1) is 20.8 Å². The standard InChI is InChI=1S/C20H30N4O2/c1-14-7-9-17(10-8-14)19(22(4)5)20(26)24(11-12-25)13-18-15(2)21-23(6)16(18)3/h7-10,19,25H,11-13H2,1-6H3/t19-/m1/s1. The predicted molar refractivity (Wildman–Crippen MR) is 103 cm³/mol. The Balaban J connectivity index is 2.34. The number of aliphatic hydroxyl groups excluding tert-OH is 1. The molecule has 6 heteroatoms. The molecular weight excluding hydrogens is 328 g/mol. The Morgan fingerprint density at radius 2 is 1.81 bits per heavy atom. The number of aliphatic hydroxyl groups is 1. The zero-order chi connectivity index (χ0) is 19.4. The minimum Gasteiger partial charge on any atom is -0.395 e. The van der Waals surface area contributed by atoms with Gasteiger partial charge in [0.05, 0.1) is 12.3 Å². The summed E-state index contributed by atoms with van der Waals surface area (Å²) in [6.07, 6.45) is 0. The summed E-state index contributed by atoms with van der Waals surface area (Å²) in [6.45, 7) is 6.65. The van der Waals surface area contributed by atoms with Crippen molar-refractivity contribution < 1.29 is 9.90 Å². The van der Waals surface area contributed by atoms with Crippen LogP contribution in [0.15, 0.2) is 24.3 Å². The van der Waals surface area contributed by atoms with Gasteiger partial charge in [0.15, 0.2) is 0 Å². The molecule has 0 saturated carbocycles. The summed E-state index contributed by atoms with van der Waals surface area (Å²) in [5, 5.41) is 13.9. The minimum atomic E-state index is -0.389. The van der Waals surface area contributed by atoms with E-state index in [4.69, 9.17) is 0 Å². The van der Waals surface area contributed by atoms with E-state index in [0.29, 0.717) is 13.1 Å². The lowest BCUT2D eigenvalue weighted by Gasteiger charge is -2.31. The molecule has 1 heterocycles. The smallest absolute Gasteiger partial charge is 0.244 e. The number of amides is 1. The molecule has 0 radical (unpaired) electrons. The molecule has 6 nitrogen and oxygen atoms in total. The molecule has 1 aromatic carbocycles. The topological polar surface area (TPSA) is 61.6 Å². The second-order valence-corrected chi connectivity index (χ2v) is 7.03. The van der Waals surface area contributed by atoms with E-state index < -0.39 is 0 Å². The molecule has 1 amide bonds. The first-order valence-electron chi connectivity index (χ1n) is 8.88. The number of aromatic nitrogens is 2. The highest BCUT2D eigenvalue weighted by atomic mass is 16.3. The van der Waals surface area contributed by atoms with Crippen LogP contribution in [0.2, 0.25) is 0 Å². The van der Waals surface area contributed by atoms with Crippen molar-refractivity contribution in [3.63, 3.8) is 0 Å². The summed E-state index contributed by atoms with van der Waals surface area (Å²) in [5.41, 5.74) is 5.10. The monoisotopic (exact) mass is 358 g/mol. The number of benzene rings is 1. The summed E-state index contributed by atoms with van der Waals surface area (Å²) in [7, 11) is 5.71. The first kappa shape index (κ1) is 20.1. The lowest BCUT2D eigenvalue weighted by molar-refractivity contribution is -0.137. The van der Waals surface area contributed by atoms with Crippen LogP contribution >= 0.6 is 0 Å². The molecule has 0 fully saturated rings.